The number of aliphatic hydroxyl groups is 3. The van der Waals surface area contributed by atoms with Gasteiger partial charge in [-0.3, -0.25) is 0 Å². The zero-order valence-corrected chi connectivity index (χ0v) is 28.8. The molecular weight excluding hydrogens is 568 g/mol. The Morgan fingerprint density at radius 3 is 1.91 bits per heavy atom. The van der Waals surface area contributed by atoms with Crippen LogP contribution in [-0.4, -0.2) is 70.1 Å². The number of aliphatic hydroxyl groups excluding tert-OH is 3. The van der Waals surface area contributed by atoms with Gasteiger partial charge in [0, 0.05) is 12.0 Å². The fourth-order valence-electron chi connectivity index (χ4n) is 7.46. The fraction of sp³-hybridized carbons (Fsp3) is 0.921. The number of unbranched alkanes of at least 4 members (excludes halogenated alkanes) is 15. The predicted octanol–water partition coefficient (Wildman–Crippen LogP) is 8.25. The number of ether oxygens (including phenoxy) is 3. The molecule has 3 aliphatic rings. The quantitative estimate of drug-likeness (QED) is 0.0684. The summed E-state index contributed by atoms with van der Waals surface area (Å²) in [6.45, 7) is 4.10. The van der Waals surface area contributed by atoms with E-state index in [1.807, 2.05) is 13.0 Å². The Morgan fingerprint density at radius 2 is 1.29 bits per heavy atom. The van der Waals surface area contributed by atoms with E-state index in [0.29, 0.717) is 12.0 Å². The minimum atomic E-state index is -0.464. The summed E-state index contributed by atoms with van der Waals surface area (Å²) < 4.78 is 17.8. The second kappa shape index (κ2) is 22.6. The van der Waals surface area contributed by atoms with Crippen LogP contribution in [0.3, 0.4) is 0 Å². The largest absolute Gasteiger partial charge is 0.455 e. The highest BCUT2D eigenvalue weighted by Crippen LogP contribution is 2.34. The topological polar surface area (TPSA) is 105 Å². The molecule has 0 aromatic carbocycles. The van der Waals surface area contributed by atoms with Gasteiger partial charge < -0.3 is 29.5 Å². The Balaban J connectivity index is 1.15. The highest BCUT2D eigenvalue weighted by molar-refractivity contribution is 5.90. The van der Waals surface area contributed by atoms with Crippen LogP contribution in [0.1, 0.15) is 174 Å². The molecule has 0 aromatic heterocycles. The number of hydrogen-bond donors (Lipinski definition) is 3. The van der Waals surface area contributed by atoms with Crippen LogP contribution in [0.5, 0.6) is 0 Å². The highest BCUT2D eigenvalue weighted by Gasteiger charge is 2.39. The second-order valence-electron chi connectivity index (χ2n) is 14.4. The average Bonchev–Trinajstić information content (AvgIpc) is 3.64. The number of carbonyl (C=O) groups excluding carboxylic acids is 1. The molecule has 7 heteroatoms. The molecular formula is C38H68O7. The summed E-state index contributed by atoms with van der Waals surface area (Å²) in [5.74, 6) is -0.280. The van der Waals surface area contributed by atoms with Crippen LogP contribution >= 0.6 is 0 Å². The molecule has 3 N–H and O–H groups in total. The van der Waals surface area contributed by atoms with Crippen molar-refractivity contribution in [1.29, 1.82) is 0 Å². The smallest absolute Gasteiger partial charge is 0.334 e. The summed E-state index contributed by atoms with van der Waals surface area (Å²) in [6, 6.07) is 0. The van der Waals surface area contributed by atoms with Gasteiger partial charge in [-0.2, -0.15) is 0 Å². The fourth-order valence-corrected chi connectivity index (χ4v) is 7.46. The van der Waals surface area contributed by atoms with E-state index in [1.54, 1.807) is 0 Å². The number of rotatable bonds is 25. The van der Waals surface area contributed by atoms with E-state index in [-0.39, 0.29) is 42.6 Å². The van der Waals surface area contributed by atoms with Crippen molar-refractivity contribution < 1.29 is 34.3 Å². The number of esters is 1. The van der Waals surface area contributed by atoms with Crippen LogP contribution in [0.4, 0.5) is 0 Å². The first-order valence-corrected chi connectivity index (χ1v) is 19.1. The lowest BCUT2D eigenvalue weighted by Gasteiger charge is -2.37. The van der Waals surface area contributed by atoms with E-state index in [0.717, 1.165) is 77.0 Å². The van der Waals surface area contributed by atoms with Crippen molar-refractivity contribution in [3.05, 3.63) is 11.6 Å². The molecule has 262 valence electrons. The second-order valence-corrected chi connectivity index (χ2v) is 14.4. The first kappa shape index (κ1) is 38.5. The van der Waals surface area contributed by atoms with Crippen molar-refractivity contribution in [3.8, 4) is 0 Å². The maximum atomic E-state index is 11.7. The van der Waals surface area contributed by atoms with Gasteiger partial charge in [-0.1, -0.05) is 116 Å². The van der Waals surface area contributed by atoms with Crippen molar-refractivity contribution >= 4 is 5.97 Å². The van der Waals surface area contributed by atoms with E-state index in [2.05, 4.69) is 6.92 Å². The highest BCUT2D eigenvalue weighted by atomic mass is 16.6. The molecule has 0 aliphatic carbocycles. The zero-order chi connectivity index (χ0) is 32.3. The maximum absolute atomic E-state index is 11.7. The Hall–Kier alpha value is -0.990. The van der Waals surface area contributed by atoms with Gasteiger partial charge in [0.05, 0.1) is 42.7 Å². The summed E-state index contributed by atoms with van der Waals surface area (Å²) in [4.78, 5) is 11.7. The monoisotopic (exact) mass is 636 g/mol. The first-order valence-electron chi connectivity index (χ1n) is 19.1. The number of hydrogen-bond acceptors (Lipinski definition) is 7. The summed E-state index contributed by atoms with van der Waals surface area (Å²) >= 11 is 0. The van der Waals surface area contributed by atoms with Crippen molar-refractivity contribution in [3.63, 3.8) is 0 Å². The predicted molar refractivity (Wildman–Crippen MR) is 180 cm³/mol. The molecule has 7 nitrogen and oxygen atoms in total. The summed E-state index contributed by atoms with van der Waals surface area (Å²) in [5, 5.41) is 31.6. The lowest BCUT2D eigenvalue weighted by Crippen LogP contribution is -2.44. The van der Waals surface area contributed by atoms with E-state index < -0.39 is 12.2 Å². The normalized spacial score (nSPS) is 28.3. The van der Waals surface area contributed by atoms with Crippen molar-refractivity contribution in [2.45, 2.75) is 223 Å². The van der Waals surface area contributed by atoms with E-state index in [1.165, 1.54) is 77.0 Å². The third-order valence-electron chi connectivity index (χ3n) is 10.3. The third kappa shape index (κ3) is 15.2. The van der Waals surface area contributed by atoms with Gasteiger partial charge in [-0.25, -0.2) is 4.79 Å². The van der Waals surface area contributed by atoms with Crippen molar-refractivity contribution in [2.75, 3.05) is 0 Å². The number of cyclic esters (lactones) is 1. The van der Waals surface area contributed by atoms with Crippen LogP contribution in [0, 0.1) is 0 Å². The molecule has 0 unspecified atom stereocenters. The average molecular weight is 637 g/mol. The van der Waals surface area contributed by atoms with Crippen molar-refractivity contribution in [1.82, 2.24) is 0 Å². The van der Waals surface area contributed by atoms with Crippen LogP contribution in [0.2, 0.25) is 0 Å². The molecule has 0 spiro atoms. The molecule has 0 saturated carbocycles. The molecule has 0 radical (unpaired) electrons. The van der Waals surface area contributed by atoms with Gasteiger partial charge in [-0.05, 0) is 57.9 Å². The standard InChI is InChI=1S/C38H68O7/c1-3-4-5-6-7-8-13-16-19-22-34-33(41)23-24-36(44-34)37-26-25-35(45-37)32(40)21-18-15-12-10-9-11-14-17-20-31(39)28-30-27-29(2)43-38(30)42/h27,29,31-37,39-41H,3-26,28H2,1-2H3/t29-,31+,32+,33+,34-,35+,36-,37-/m0/s1. The molecule has 3 aliphatic heterocycles. The molecule has 2 fully saturated rings. The summed E-state index contributed by atoms with van der Waals surface area (Å²) in [6.07, 6.45) is 27.5. The van der Waals surface area contributed by atoms with Crippen LogP contribution in [0.25, 0.3) is 0 Å². The Bertz CT molecular complexity index is 816. The lowest BCUT2D eigenvalue weighted by molar-refractivity contribution is -0.168. The van der Waals surface area contributed by atoms with Crippen LogP contribution < -0.4 is 0 Å². The molecule has 0 aromatic rings. The Kier molecular flexibility index (Phi) is 19.3. The SMILES string of the molecule is CCCCCCCCCCC[C@@H]1O[C@H]([C@@H]2CC[C@H]([C@H](O)CCCCCCCCCC[C@@H](O)CC3=C[C@H](C)OC3=O)O2)CC[C@H]1O. The van der Waals surface area contributed by atoms with E-state index in [9.17, 15) is 20.1 Å². The third-order valence-corrected chi connectivity index (χ3v) is 10.3. The summed E-state index contributed by atoms with van der Waals surface area (Å²) in [5.41, 5.74) is 0.617. The van der Waals surface area contributed by atoms with Gasteiger partial charge in [-0.15, -0.1) is 0 Å². The molecule has 8 atom stereocenters. The van der Waals surface area contributed by atoms with Crippen LogP contribution in [-0.2, 0) is 19.0 Å². The molecule has 3 heterocycles. The van der Waals surface area contributed by atoms with Gasteiger partial charge in [0.25, 0.3) is 0 Å². The Labute approximate surface area is 274 Å². The molecule has 0 amide bonds. The molecule has 3 rings (SSSR count). The zero-order valence-electron chi connectivity index (χ0n) is 28.8. The van der Waals surface area contributed by atoms with Gasteiger partial charge in [0.2, 0.25) is 0 Å². The van der Waals surface area contributed by atoms with E-state index >= 15 is 0 Å². The van der Waals surface area contributed by atoms with E-state index in [4.69, 9.17) is 14.2 Å². The molecule has 45 heavy (non-hydrogen) atoms. The van der Waals surface area contributed by atoms with Crippen molar-refractivity contribution in [2.24, 2.45) is 0 Å². The summed E-state index contributed by atoms with van der Waals surface area (Å²) in [7, 11) is 0. The maximum Gasteiger partial charge on any atom is 0.334 e. The van der Waals surface area contributed by atoms with Gasteiger partial charge >= 0.3 is 5.97 Å². The minimum absolute atomic E-state index is 0.0453. The molecule has 0 bridgehead atoms. The Morgan fingerprint density at radius 1 is 0.733 bits per heavy atom. The first-order chi connectivity index (χ1) is 21.9. The number of carbonyl (C=O) groups is 1. The van der Waals surface area contributed by atoms with Crippen LogP contribution in [0.15, 0.2) is 11.6 Å². The van der Waals surface area contributed by atoms with Gasteiger partial charge in [0.1, 0.15) is 6.10 Å². The molecule has 2 saturated heterocycles. The lowest BCUT2D eigenvalue weighted by atomic mass is 9.93. The minimum Gasteiger partial charge on any atom is -0.455 e. The van der Waals surface area contributed by atoms with Gasteiger partial charge in [0.15, 0.2) is 0 Å².